The highest BCUT2D eigenvalue weighted by molar-refractivity contribution is 14.0. The molecule has 0 aliphatic rings. The van der Waals surface area contributed by atoms with Crippen molar-refractivity contribution in [2.24, 2.45) is 4.99 Å². The van der Waals surface area contributed by atoms with Crippen molar-refractivity contribution in [3.63, 3.8) is 0 Å². The molecule has 0 bridgehead atoms. The van der Waals surface area contributed by atoms with Gasteiger partial charge < -0.3 is 19.8 Å². The maximum atomic E-state index is 5.26. The van der Waals surface area contributed by atoms with E-state index in [-0.39, 0.29) is 24.0 Å². The van der Waals surface area contributed by atoms with Crippen molar-refractivity contribution < 1.29 is 9.15 Å². The second-order valence-electron chi connectivity index (χ2n) is 3.96. The quantitative estimate of drug-likeness (QED) is 0.313. The summed E-state index contributed by atoms with van der Waals surface area (Å²) >= 11 is 0. The first kappa shape index (κ1) is 18.2. The van der Waals surface area contributed by atoms with Crippen LogP contribution in [0.15, 0.2) is 27.8 Å². The molecule has 0 amide bonds. The smallest absolute Gasteiger partial charge is 0.190 e. The summed E-state index contributed by atoms with van der Waals surface area (Å²) in [5.41, 5.74) is 0. The molecule has 0 spiro atoms. The average Bonchev–Trinajstić information content (AvgIpc) is 2.89. The Bertz CT molecular complexity index is 329. The highest BCUT2D eigenvalue weighted by Gasteiger charge is 1.98. The zero-order chi connectivity index (χ0) is 13.1. The van der Waals surface area contributed by atoms with Crippen LogP contribution in [-0.2, 0) is 11.2 Å². The molecule has 0 aliphatic carbocycles. The third kappa shape index (κ3) is 8.88. The number of methoxy groups -OCH3 is 1. The number of halogens is 1. The minimum Gasteiger partial charge on any atom is -0.469 e. The van der Waals surface area contributed by atoms with Crippen molar-refractivity contribution in [3.05, 3.63) is 24.2 Å². The number of guanidine groups is 1. The van der Waals surface area contributed by atoms with Crippen LogP contribution < -0.4 is 10.6 Å². The van der Waals surface area contributed by atoms with Crippen molar-refractivity contribution >= 4 is 29.9 Å². The molecule has 0 fully saturated rings. The summed E-state index contributed by atoms with van der Waals surface area (Å²) in [6.07, 6.45) is 4.69. The summed E-state index contributed by atoms with van der Waals surface area (Å²) in [5, 5.41) is 6.51. The first-order chi connectivity index (χ1) is 8.86. The lowest BCUT2D eigenvalue weighted by Crippen LogP contribution is -2.38. The normalized spacial score (nSPS) is 10.9. The highest BCUT2D eigenvalue weighted by Crippen LogP contribution is 1.99. The van der Waals surface area contributed by atoms with Gasteiger partial charge in [0.1, 0.15) is 5.76 Å². The molecular formula is C13H24IN3O2. The number of rotatable bonds is 8. The van der Waals surface area contributed by atoms with E-state index < -0.39 is 0 Å². The first-order valence-electron chi connectivity index (χ1n) is 6.32. The molecule has 0 unspecified atom stereocenters. The van der Waals surface area contributed by atoms with E-state index >= 15 is 0 Å². The van der Waals surface area contributed by atoms with Crippen LogP contribution in [0.1, 0.15) is 18.6 Å². The van der Waals surface area contributed by atoms with E-state index in [0.717, 1.165) is 50.7 Å². The molecule has 5 nitrogen and oxygen atoms in total. The Morgan fingerprint density at radius 2 is 2.11 bits per heavy atom. The molecule has 0 saturated heterocycles. The summed E-state index contributed by atoms with van der Waals surface area (Å²) in [7, 11) is 3.50. The minimum atomic E-state index is 0. The van der Waals surface area contributed by atoms with Gasteiger partial charge in [-0.1, -0.05) is 0 Å². The highest BCUT2D eigenvalue weighted by atomic mass is 127. The zero-order valence-electron chi connectivity index (χ0n) is 11.6. The van der Waals surface area contributed by atoms with Crippen LogP contribution in [-0.4, -0.2) is 39.8 Å². The minimum absolute atomic E-state index is 0. The number of hydrogen-bond donors (Lipinski definition) is 2. The Morgan fingerprint density at radius 1 is 1.32 bits per heavy atom. The lowest BCUT2D eigenvalue weighted by atomic mass is 10.3. The monoisotopic (exact) mass is 381 g/mol. The number of aliphatic imine (C=N–C) groups is 1. The van der Waals surface area contributed by atoms with Crippen LogP contribution in [0.2, 0.25) is 0 Å². The maximum absolute atomic E-state index is 5.26. The van der Waals surface area contributed by atoms with Gasteiger partial charge in [-0.15, -0.1) is 24.0 Å². The fraction of sp³-hybridized carbons (Fsp3) is 0.615. The van der Waals surface area contributed by atoms with E-state index in [0.29, 0.717) is 0 Å². The van der Waals surface area contributed by atoms with Gasteiger partial charge in [0.15, 0.2) is 5.96 Å². The van der Waals surface area contributed by atoms with Gasteiger partial charge in [0.25, 0.3) is 0 Å². The molecule has 2 N–H and O–H groups in total. The van der Waals surface area contributed by atoms with Gasteiger partial charge >= 0.3 is 0 Å². The second kappa shape index (κ2) is 12.3. The van der Waals surface area contributed by atoms with Crippen LogP contribution >= 0.6 is 24.0 Å². The SMILES string of the molecule is CN=C(NCCCCOC)NCCc1ccco1.I. The molecule has 110 valence electrons. The molecule has 1 aromatic heterocycles. The van der Waals surface area contributed by atoms with Gasteiger partial charge in [-0.25, -0.2) is 0 Å². The Kier molecular flexibility index (Phi) is 11.8. The van der Waals surface area contributed by atoms with Crippen molar-refractivity contribution in [3.8, 4) is 0 Å². The molecule has 0 radical (unpaired) electrons. The van der Waals surface area contributed by atoms with Gasteiger partial charge in [-0.2, -0.15) is 0 Å². The van der Waals surface area contributed by atoms with Crippen molar-refractivity contribution in [1.82, 2.24) is 10.6 Å². The Balaban J connectivity index is 0.00000324. The van der Waals surface area contributed by atoms with Crippen LogP contribution in [0, 0.1) is 0 Å². The van der Waals surface area contributed by atoms with Crippen LogP contribution in [0.3, 0.4) is 0 Å². The average molecular weight is 381 g/mol. The van der Waals surface area contributed by atoms with E-state index in [1.54, 1.807) is 20.4 Å². The third-order valence-corrected chi connectivity index (χ3v) is 2.54. The standard InChI is InChI=1S/C13H23N3O2.HI/c1-14-13(15-8-3-4-10-17-2)16-9-7-12-6-5-11-18-12;/h5-6,11H,3-4,7-10H2,1-2H3,(H2,14,15,16);1H. The third-order valence-electron chi connectivity index (χ3n) is 2.54. The predicted octanol–water partition coefficient (Wildman–Crippen LogP) is 2.03. The number of nitrogens with one attached hydrogen (secondary N) is 2. The molecule has 19 heavy (non-hydrogen) atoms. The fourth-order valence-corrected chi connectivity index (χ4v) is 1.56. The molecule has 1 aromatic rings. The molecule has 0 aliphatic heterocycles. The number of furan rings is 1. The lowest BCUT2D eigenvalue weighted by molar-refractivity contribution is 0.193. The van der Waals surface area contributed by atoms with E-state index in [1.165, 1.54) is 0 Å². The topological polar surface area (TPSA) is 58.8 Å². The summed E-state index contributed by atoms with van der Waals surface area (Å²) in [4.78, 5) is 4.16. The van der Waals surface area contributed by atoms with Crippen molar-refractivity contribution in [2.45, 2.75) is 19.3 Å². The summed E-state index contributed by atoms with van der Waals surface area (Å²) < 4.78 is 10.3. The van der Waals surface area contributed by atoms with Crippen molar-refractivity contribution in [1.29, 1.82) is 0 Å². The Hall–Kier alpha value is -0.760. The number of hydrogen-bond acceptors (Lipinski definition) is 3. The predicted molar refractivity (Wildman–Crippen MR) is 88.3 cm³/mol. The lowest BCUT2D eigenvalue weighted by Gasteiger charge is -2.11. The summed E-state index contributed by atoms with van der Waals surface area (Å²) in [6.45, 7) is 2.53. The molecule has 0 atom stereocenters. The van der Waals surface area contributed by atoms with Crippen LogP contribution in [0.25, 0.3) is 0 Å². The Labute approximate surface area is 132 Å². The summed E-state index contributed by atoms with van der Waals surface area (Å²) in [5.74, 6) is 1.82. The molecular weight excluding hydrogens is 357 g/mol. The van der Waals surface area contributed by atoms with Crippen LogP contribution in [0.5, 0.6) is 0 Å². The second-order valence-corrected chi connectivity index (χ2v) is 3.96. The number of ether oxygens (including phenoxy) is 1. The zero-order valence-corrected chi connectivity index (χ0v) is 14.0. The number of unbranched alkanes of at least 4 members (excludes halogenated alkanes) is 1. The van der Waals surface area contributed by atoms with Gasteiger partial charge in [0, 0.05) is 40.3 Å². The largest absolute Gasteiger partial charge is 0.469 e. The molecule has 0 saturated carbocycles. The molecule has 1 heterocycles. The van der Waals surface area contributed by atoms with E-state index in [2.05, 4.69) is 15.6 Å². The van der Waals surface area contributed by atoms with Gasteiger partial charge in [-0.05, 0) is 25.0 Å². The van der Waals surface area contributed by atoms with Gasteiger partial charge in [-0.3, -0.25) is 4.99 Å². The fourth-order valence-electron chi connectivity index (χ4n) is 1.56. The Morgan fingerprint density at radius 3 is 2.74 bits per heavy atom. The van der Waals surface area contributed by atoms with Gasteiger partial charge in [0.05, 0.1) is 6.26 Å². The number of nitrogens with zero attached hydrogens (tertiary/aromatic N) is 1. The molecule has 6 heteroatoms. The molecule has 1 rings (SSSR count). The van der Waals surface area contributed by atoms with E-state index in [4.69, 9.17) is 9.15 Å². The van der Waals surface area contributed by atoms with Gasteiger partial charge in [0.2, 0.25) is 0 Å². The summed E-state index contributed by atoms with van der Waals surface area (Å²) in [6, 6.07) is 3.88. The van der Waals surface area contributed by atoms with E-state index in [9.17, 15) is 0 Å². The van der Waals surface area contributed by atoms with E-state index in [1.807, 2.05) is 12.1 Å². The maximum Gasteiger partial charge on any atom is 0.190 e. The molecule has 0 aromatic carbocycles. The first-order valence-corrected chi connectivity index (χ1v) is 6.32. The van der Waals surface area contributed by atoms with Crippen molar-refractivity contribution in [2.75, 3.05) is 33.9 Å². The van der Waals surface area contributed by atoms with Crippen LogP contribution in [0.4, 0.5) is 0 Å².